The summed E-state index contributed by atoms with van der Waals surface area (Å²) in [5, 5.41) is 15.7. The van der Waals surface area contributed by atoms with Crippen molar-refractivity contribution in [1.82, 2.24) is 20.3 Å². The van der Waals surface area contributed by atoms with Crippen LogP contribution >= 0.6 is 23.1 Å². The number of hydrogen-bond donors (Lipinski definition) is 1. The average Bonchev–Trinajstić information content (AvgIpc) is 3.46. The number of thioether (sulfide) groups is 1. The third kappa shape index (κ3) is 5.95. The van der Waals surface area contributed by atoms with E-state index in [1.54, 1.807) is 13.0 Å². The lowest BCUT2D eigenvalue weighted by Crippen LogP contribution is -2.48. The summed E-state index contributed by atoms with van der Waals surface area (Å²) < 4.78 is 5.66. The van der Waals surface area contributed by atoms with Crippen LogP contribution in [0.25, 0.3) is 0 Å². The summed E-state index contributed by atoms with van der Waals surface area (Å²) in [6, 6.07) is 9.58. The van der Waals surface area contributed by atoms with Gasteiger partial charge in [0.15, 0.2) is 10.2 Å². The average molecular weight is 501 g/mol. The first-order valence-corrected chi connectivity index (χ1v) is 12.8. The Morgan fingerprint density at radius 2 is 1.82 bits per heavy atom. The zero-order chi connectivity index (χ0) is 24.3. The van der Waals surface area contributed by atoms with Gasteiger partial charge in [-0.15, -0.1) is 10.2 Å². The molecular weight excluding hydrogens is 472 g/mol. The van der Waals surface area contributed by atoms with E-state index < -0.39 is 0 Å². The number of piperazine rings is 1. The molecule has 0 unspecified atom stereocenters. The second kappa shape index (κ2) is 10.1. The van der Waals surface area contributed by atoms with Crippen LogP contribution in [0.5, 0.6) is 0 Å². The number of aryl methyl sites for hydroxylation is 1. The molecule has 3 aromatic rings. The van der Waals surface area contributed by atoms with Gasteiger partial charge in [-0.25, -0.2) is 0 Å². The summed E-state index contributed by atoms with van der Waals surface area (Å²) in [7, 11) is 0. The molecule has 1 aliphatic heterocycles. The molecule has 0 spiro atoms. The predicted molar refractivity (Wildman–Crippen MR) is 134 cm³/mol. The molecule has 0 atom stereocenters. The van der Waals surface area contributed by atoms with Crippen molar-refractivity contribution in [2.24, 2.45) is 0 Å². The molecule has 34 heavy (non-hydrogen) atoms. The maximum absolute atomic E-state index is 12.9. The van der Waals surface area contributed by atoms with Crippen molar-refractivity contribution in [1.29, 1.82) is 0 Å². The summed E-state index contributed by atoms with van der Waals surface area (Å²) in [5.41, 5.74) is 1.99. The molecule has 0 radical (unpaired) electrons. The van der Waals surface area contributed by atoms with E-state index in [4.69, 9.17) is 4.52 Å². The van der Waals surface area contributed by atoms with Gasteiger partial charge in [-0.2, -0.15) is 0 Å². The standard InChI is InChI=1S/C23H28N6O3S2/c1-15-13-18(27-32-15)24-19(30)14-33-22-26-25-21(34-22)29-11-9-28(10-12-29)20(31)16-5-7-17(8-6-16)23(2,3)4/h5-8,13H,9-12,14H2,1-4H3,(H,24,27,30). The van der Waals surface area contributed by atoms with Crippen LogP contribution in [0, 0.1) is 6.92 Å². The van der Waals surface area contributed by atoms with Crippen LogP contribution < -0.4 is 10.2 Å². The first-order valence-electron chi connectivity index (χ1n) is 11.0. The maximum Gasteiger partial charge on any atom is 0.253 e. The number of anilines is 2. The molecule has 0 saturated carbocycles. The van der Waals surface area contributed by atoms with Crippen LogP contribution in [-0.2, 0) is 10.2 Å². The molecular formula is C23H28N6O3S2. The molecule has 11 heteroatoms. The number of benzene rings is 1. The Bertz CT molecular complexity index is 1140. The zero-order valence-electron chi connectivity index (χ0n) is 19.7. The van der Waals surface area contributed by atoms with Crippen LogP contribution in [0.3, 0.4) is 0 Å². The molecule has 1 saturated heterocycles. The Hall–Kier alpha value is -2.92. The summed E-state index contributed by atoms with van der Waals surface area (Å²) in [4.78, 5) is 29.0. The molecule has 9 nitrogen and oxygen atoms in total. The fourth-order valence-electron chi connectivity index (χ4n) is 3.52. The van der Waals surface area contributed by atoms with Crippen molar-refractivity contribution >= 4 is 45.9 Å². The second-order valence-corrected chi connectivity index (χ2v) is 11.3. The molecule has 1 aliphatic rings. The maximum atomic E-state index is 12.9. The van der Waals surface area contributed by atoms with Crippen molar-refractivity contribution in [3.05, 3.63) is 47.2 Å². The van der Waals surface area contributed by atoms with Gasteiger partial charge in [-0.1, -0.05) is 61.2 Å². The van der Waals surface area contributed by atoms with Crippen molar-refractivity contribution < 1.29 is 14.1 Å². The van der Waals surface area contributed by atoms with E-state index in [-0.39, 0.29) is 23.0 Å². The topological polar surface area (TPSA) is 104 Å². The van der Waals surface area contributed by atoms with Crippen LogP contribution in [0.1, 0.15) is 42.5 Å². The van der Waals surface area contributed by atoms with Gasteiger partial charge in [0, 0.05) is 37.8 Å². The van der Waals surface area contributed by atoms with Gasteiger partial charge in [-0.05, 0) is 30.0 Å². The first kappa shape index (κ1) is 24.2. The fraction of sp³-hybridized carbons (Fsp3) is 0.435. The Kier molecular flexibility index (Phi) is 7.22. The normalized spacial score (nSPS) is 14.4. The smallest absolute Gasteiger partial charge is 0.253 e. The minimum atomic E-state index is -0.183. The van der Waals surface area contributed by atoms with Gasteiger partial charge < -0.3 is 19.6 Å². The number of nitrogens with one attached hydrogen (secondary N) is 1. The number of hydrogen-bond acceptors (Lipinski definition) is 9. The highest BCUT2D eigenvalue weighted by Gasteiger charge is 2.25. The summed E-state index contributed by atoms with van der Waals surface area (Å²) >= 11 is 2.78. The summed E-state index contributed by atoms with van der Waals surface area (Å²) in [6.07, 6.45) is 0. The number of nitrogens with zero attached hydrogens (tertiary/aromatic N) is 5. The number of aromatic nitrogens is 3. The monoisotopic (exact) mass is 500 g/mol. The zero-order valence-corrected chi connectivity index (χ0v) is 21.3. The van der Waals surface area contributed by atoms with Gasteiger partial charge in [0.05, 0.1) is 5.75 Å². The van der Waals surface area contributed by atoms with Crippen LogP contribution in [-0.4, -0.2) is 64.0 Å². The highest BCUT2D eigenvalue weighted by molar-refractivity contribution is 8.01. The molecule has 4 rings (SSSR count). The molecule has 0 aliphatic carbocycles. The number of rotatable bonds is 6. The van der Waals surface area contributed by atoms with E-state index >= 15 is 0 Å². The molecule has 180 valence electrons. The van der Waals surface area contributed by atoms with Gasteiger partial charge in [0.1, 0.15) is 5.76 Å². The lowest BCUT2D eigenvalue weighted by Gasteiger charge is -2.34. The Balaban J connectivity index is 1.26. The summed E-state index contributed by atoms with van der Waals surface area (Å²) in [5.74, 6) is 1.12. The minimum absolute atomic E-state index is 0.0573. The van der Waals surface area contributed by atoms with E-state index in [0.717, 1.165) is 15.0 Å². The van der Waals surface area contributed by atoms with Gasteiger partial charge >= 0.3 is 0 Å². The fourth-order valence-corrected chi connectivity index (χ4v) is 5.21. The van der Waals surface area contributed by atoms with E-state index in [1.165, 1.54) is 28.7 Å². The lowest BCUT2D eigenvalue weighted by molar-refractivity contribution is -0.113. The molecule has 2 amide bonds. The molecule has 0 bridgehead atoms. The van der Waals surface area contributed by atoms with Crippen molar-refractivity contribution in [3.63, 3.8) is 0 Å². The predicted octanol–water partition coefficient (Wildman–Crippen LogP) is 3.83. The molecule has 1 fully saturated rings. The van der Waals surface area contributed by atoms with E-state index in [0.29, 0.717) is 37.8 Å². The minimum Gasteiger partial charge on any atom is -0.360 e. The highest BCUT2D eigenvalue weighted by Crippen LogP contribution is 2.29. The SMILES string of the molecule is Cc1cc(NC(=O)CSc2nnc(N3CCN(C(=O)c4ccc(C(C)(C)C)cc4)CC3)s2)no1. The largest absolute Gasteiger partial charge is 0.360 e. The molecule has 1 aromatic carbocycles. The first-order chi connectivity index (χ1) is 16.2. The Morgan fingerprint density at radius 1 is 1.12 bits per heavy atom. The van der Waals surface area contributed by atoms with Gasteiger partial charge in [0.2, 0.25) is 11.0 Å². The van der Waals surface area contributed by atoms with Gasteiger partial charge in [-0.3, -0.25) is 9.59 Å². The lowest BCUT2D eigenvalue weighted by atomic mass is 9.86. The van der Waals surface area contributed by atoms with E-state index in [9.17, 15) is 9.59 Å². The van der Waals surface area contributed by atoms with Crippen molar-refractivity contribution in [2.45, 2.75) is 37.4 Å². The van der Waals surface area contributed by atoms with Gasteiger partial charge in [0.25, 0.3) is 5.91 Å². The molecule has 2 aromatic heterocycles. The number of carbonyl (C=O) groups excluding carboxylic acids is 2. The van der Waals surface area contributed by atoms with Crippen molar-refractivity contribution in [2.75, 3.05) is 42.1 Å². The second-order valence-electron chi connectivity index (χ2n) is 9.12. The van der Waals surface area contributed by atoms with E-state index in [1.807, 2.05) is 29.2 Å². The van der Waals surface area contributed by atoms with Crippen LogP contribution in [0.4, 0.5) is 10.9 Å². The van der Waals surface area contributed by atoms with E-state index in [2.05, 4.69) is 46.3 Å². The molecule has 1 N–H and O–H groups in total. The summed E-state index contributed by atoms with van der Waals surface area (Å²) in [6.45, 7) is 10.9. The molecule has 3 heterocycles. The Morgan fingerprint density at radius 3 is 2.44 bits per heavy atom. The third-order valence-corrected chi connectivity index (χ3v) is 7.57. The quantitative estimate of drug-likeness (QED) is 0.509. The highest BCUT2D eigenvalue weighted by atomic mass is 32.2. The third-order valence-electron chi connectivity index (χ3n) is 5.45. The Labute approximate surface area is 206 Å². The number of amides is 2. The van der Waals surface area contributed by atoms with Crippen molar-refractivity contribution in [3.8, 4) is 0 Å². The van der Waals surface area contributed by atoms with Crippen LogP contribution in [0.2, 0.25) is 0 Å². The van der Waals surface area contributed by atoms with Crippen LogP contribution in [0.15, 0.2) is 39.2 Å². The number of carbonyl (C=O) groups is 2.